The molecule has 2 aliphatic heterocycles. The Kier molecular flexibility index (Phi) is 15.0. The minimum atomic E-state index is -1.19. The van der Waals surface area contributed by atoms with Crippen LogP contribution in [0, 0.1) is 19.8 Å². The molecule has 2 N–H and O–H groups in total. The molecule has 0 amide bonds. The fraction of sp³-hybridized carbons (Fsp3) is 0.417. The molecule has 334 valence electrons. The van der Waals surface area contributed by atoms with Crippen LogP contribution in [-0.2, 0) is 70.6 Å². The second-order valence-corrected chi connectivity index (χ2v) is 15.6. The van der Waals surface area contributed by atoms with Gasteiger partial charge in [-0.25, -0.2) is 9.78 Å². The number of aryl methyl sites for hydroxylation is 4. The molecular formula is C48H56N4O11. The predicted octanol–water partition coefficient (Wildman–Crippen LogP) is 6.55. The molecule has 3 aromatic heterocycles. The van der Waals surface area contributed by atoms with E-state index in [1.54, 1.807) is 25.3 Å². The standard InChI is InChI=1S/C48H56N4O11/c1-10-30-27(2)36-24-41-34-14-11-33(46(55)59-8)45(47(56)60-9)48(34,5)42(52-41)26-37-29(4)31(12-15-43(53)58-7)40(51-37)25-39-32(28(3)35(50-39)23-38(30)49-36)13-16-44(54)63-22-21-62-20-19-61-18-17-57-6/h10-11,14,23-26,45,50-51H,1,12-13,15-22H2,2-9H3/t45-,48+/m0/s1. The van der Waals surface area contributed by atoms with Crippen molar-refractivity contribution in [2.45, 2.75) is 58.8 Å². The van der Waals surface area contributed by atoms with E-state index in [4.69, 9.17) is 43.1 Å². The number of aromatic amines is 2. The first-order valence-corrected chi connectivity index (χ1v) is 20.8. The van der Waals surface area contributed by atoms with Crippen LogP contribution in [0.3, 0.4) is 0 Å². The summed E-state index contributed by atoms with van der Waals surface area (Å²) < 4.78 is 36.9. The second kappa shape index (κ2) is 20.4. The summed E-state index contributed by atoms with van der Waals surface area (Å²) in [5.41, 5.74) is 10.1. The van der Waals surface area contributed by atoms with E-state index in [0.29, 0.717) is 78.7 Å². The number of carbonyl (C=O) groups is 4. The lowest BCUT2D eigenvalue weighted by atomic mass is 9.64. The number of esters is 4. The van der Waals surface area contributed by atoms with Crippen LogP contribution < -0.4 is 0 Å². The second-order valence-electron chi connectivity index (χ2n) is 15.6. The van der Waals surface area contributed by atoms with Crippen molar-refractivity contribution in [2.75, 3.05) is 68.1 Å². The Morgan fingerprint density at radius 2 is 1.32 bits per heavy atom. The summed E-state index contributed by atoms with van der Waals surface area (Å²) in [6, 6.07) is 7.71. The van der Waals surface area contributed by atoms with Crippen molar-refractivity contribution in [1.29, 1.82) is 0 Å². The minimum Gasteiger partial charge on any atom is -0.469 e. The molecule has 0 spiro atoms. The Labute approximate surface area is 366 Å². The van der Waals surface area contributed by atoms with Gasteiger partial charge in [0.15, 0.2) is 0 Å². The van der Waals surface area contributed by atoms with E-state index in [0.717, 1.165) is 44.4 Å². The van der Waals surface area contributed by atoms with Gasteiger partial charge in [0.2, 0.25) is 0 Å². The molecule has 15 heteroatoms. The normalized spacial score (nSPS) is 16.8. The van der Waals surface area contributed by atoms with Crippen LogP contribution in [0.25, 0.3) is 38.8 Å². The topological polar surface area (TPSA) is 190 Å². The first-order valence-electron chi connectivity index (χ1n) is 20.8. The van der Waals surface area contributed by atoms with Gasteiger partial charge in [-0.05, 0) is 98.2 Å². The Balaban J connectivity index is 1.53. The lowest BCUT2D eigenvalue weighted by molar-refractivity contribution is -0.149. The van der Waals surface area contributed by atoms with Gasteiger partial charge in [-0.1, -0.05) is 24.8 Å². The fourth-order valence-electron chi connectivity index (χ4n) is 8.43. The van der Waals surface area contributed by atoms with Crippen LogP contribution >= 0.6 is 0 Å². The van der Waals surface area contributed by atoms with E-state index in [9.17, 15) is 19.2 Å². The van der Waals surface area contributed by atoms with Crippen LogP contribution in [0.15, 0.2) is 54.6 Å². The van der Waals surface area contributed by atoms with Crippen molar-refractivity contribution in [1.82, 2.24) is 19.9 Å². The van der Waals surface area contributed by atoms with Gasteiger partial charge in [0.1, 0.15) is 12.5 Å². The molecule has 0 radical (unpaired) electrons. The number of nitrogens with zero attached hydrogens (tertiary/aromatic N) is 2. The van der Waals surface area contributed by atoms with Gasteiger partial charge in [0.25, 0.3) is 0 Å². The SMILES string of the molecule is C=CC1=C(C)c2cc3nc(cc4[nH]c(cc5[nH]c(cc1n2)c(C)c5CCC(=O)OCCOCCOCCOC)c(CCC(=O)OC)c4C)[C@@]1(C)C3=CC=C(C(=O)OC)[C@H]1C(=O)OC. The third-order valence-corrected chi connectivity index (χ3v) is 12.0. The van der Waals surface area contributed by atoms with Gasteiger partial charge < -0.3 is 43.1 Å². The molecular weight excluding hydrogens is 809 g/mol. The smallest absolute Gasteiger partial charge is 0.334 e. The number of allylic oxidation sites excluding steroid dienone is 6. The van der Waals surface area contributed by atoms with Crippen LogP contribution in [0.2, 0.25) is 0 Å². The average molecular weight is 865 g/mol. The fourth-order valence-corrected chi connectivity index (χ4v) is 8.43. The molecule has 5 heterocycles. The van der Waals surface area contributed by atoms with Gasteiger partial charge in [0.05, 0.1) is 88.1 Å². The van der Waals surface area contributed by atoms with Crippen molar-refractivity contribution in [3.8, 4) is 0 Å². The lowest BCUT2D eigenvalue weighted by Crippen LogP contribution is -2.42. The van der Waals surface area contributed by atoms with Crippen molar-refractivity contribution >= 4 is 62.7 Å². The Morgan fingerprint density at radius 1 is 0.698 bits per heavy atom. The summed E-state index contributed by atoms with van der Waals surface area (Å²) >= 11 is 0. The number of rotatable bonds is 18. The zero-order chi connectivity index (χ0) is 45.4. The molecule has 8 bridgehead atoms. The zero-order valence-electron chi connectivity index (χ0n) is 37.3. The van der Waals surface area contributed by atoms with Gasteiger partial charge in [0, 0.05) is 47.6 Å². The van der Waals surface area contributed by atoms with E-state index in [1.807, 2.05) is 52.0 Å². The predicted molar refractivity (Wildman–Crippen MR) is 237 cm³/mol. The number of hydrogen-bond donors (Lipinski definition) is 2. The molecule has 63 heavy (non-hydrogen) atoms. The Morgan fingerprint density at radius 3 is 1.92 bits per heavy atom. The lowest BCUT2D eigenvalue weighted by Gasteiger charge is -2.36. The largest absolute Gasteiger partial charge is 0.469 e. The van der Waals surface area contributed by atoms with E-state index >= 15 is 0 Å². The summed E-state index contributed by atoms with van der Waals surface area (Å²) in [5.74, 6) is -3.12. The highest BCUT2D eigenvalue weighted by Crippen LogP contribution is 2.52. The van der Waals surface area contributed by atoms with Crippen LogP contribution in [-0.4, -0.2) is 112 Å². The molecule has 1 aliphatic carbocycles. The number of fused-ring (bicyclic) bond motifs is 11. The maximum absolute atomic E-state index is 13.8. The van der Waals surface area contributed by atoms with Gasteiger partial charge in [-0.3, -0.25) is 19.4 Å². The quantitative estimate of drug-likeness (QED) is 0.0796. The molecule has 0 fully saturated rings. The van der Waals surface area contributed by atoms with Crippen LogP contribution in [0.4, 0.5) is 0 Å². The minimum absolute atomic E-state index is 0.109. The molecule has 0 saturated heterocycles. The van der Waals surface area contributed by atoms with Crippen LogP contribution in [0.5, 0.6) is 0 Å². The molecule has 0 saturated carbocycles. The summed E-state index contributed by atoms with van der Waals surface area (Å²) in [6.07, 6.45) is 6.09. The molecule has 0 unspecified atom stereocenters. The monoisotopic (exact) mass is 864 g/mol. The summed E-state index contributed by atoms with van der Waals surface area (Å²) in [5, 5.41) is 0. The highest BCUT2D eigenvalue weighted by atomic mass is 16.6. The third-order valence-electron chi connectivity index (χ3n) is 12.0. The number of nitrogens with one attached hydrogen (secondary N) is 2. The Bertz CT molecular complexity index is 2560. The summed E-state index contributed by atoms with van der Waals surface area (Å²) in [4.78, 5) is 70.1. The molecule has 15 nitrogen and oxygen atoms in total. The number of H-pyrrole nitrogens is 2. The van der Waals surface area contributed by atoms with Gasteiger partial charge in [-0.2, -0.15) is 0 Å². The van der Waals surface area contributed by atoms with E-state index in [2.05, 4.69) is 16.5 Å². The van der Waals surface area contributed by atoms with E-state index in [1.165, 1.54) is 21.3 Å². The van der Waals surface area contributed by atoms with E-state index < -0.39 is 23.3 Å². The molecule has 3 aromatic rings. The zero-order valence-corrected chi connectivity index (χ0v) is 37.3. The Hall–Kier alpha value is -6.16. The third kappa shape index (κ3) is 9.60. The maximum Gasteiger partial charge on any atom is 0.334 e. The highest BCUT2D eigenvalue weighted by Gasteiger charge is 2.53. The number of methoxy groups -OCH3 is 4. The number of ether oxygens (including phenoxy) is 7. The van der Waals surface area contributed by atoms with Crippen molar-refractivity contribution in [2.24, 2.45) is 5.92 Å². The number of carbonyl (C=O) groups excluding carboxylic acids is 4. The first-order chi connectivity index (χ1) is 30.3. The number of aromatic nitrogens is 4. The van der Waals surface area contributed by atoms with Gasteiger partial charge in [-0.15, -0.1) is 0 Å². The van der Waals surface area contributed by atoms with Crippen molar-refractivity contribution < 1.29 is 52.3 Å². The van der Waals surface area contributed by atoms with Crippen molar-refractivity contribution in [3.63, 3.8) is 0 Å². The van der Waals surface area contributed by atoms with Crippen LogP contribution in [0.1, 0.15) is 71.7 Å². The first kappa shape index (κ1) is 46.3. The molecule has 2 atom stereocenters. The van der Waals surface area contributed by atoms with Gasteiger partial charge >= 0.3 is 23.9 Å². The van der Waals surface area contributed by atoms with E-state index in [-0.39, 0.29) is 43.6 Å². The molecule has 6 rings (SSSR count). The molecule has 0 aromatic carbocycles. The maximum atomic E-state index is 13.8. The number of hydrogen-bond acceptors (Lipinski definition) is 13. The summed E-state index contributed by atoms with van der Waals surface area (Å²) in [6.45, 7) is 14.0. The molecule has 3 aliphatic rings. The average Bonchev–Trinajstić information content (AvgIpc) is 3.93. The van der Waals surface area contributed by atoms with Crippen molar-refractivity contribution in [3.05, 3.63) is 99.7 Å². The highest BCUT2D eigenvalue weighted by molar-refractivity contribution is 6.02. The summed E-state index contributed by atoms with van der Waals surface area (Å²) in [7, 11) is 5.52.